The Bertz CT molecular complexity index is 924. The minimum atomic E-state index is -3.63. The van der Waals surface area contributed by atoms with Crippen molar-refractivity contribution >= 4 is 39.3 Å². The van der Waals surface area contributed by atoms with Crippen LogP contribution in [0.4, 0.5) is 0 Å². The Hall–Kier alpha value is -1.48. The molecule has 0 saturated carbocycles. The van der Waals surface area contributed by atoms with E-state index in [0.29, 0.717) is 31.3 Å². The molecule has 1 aliphatic rings. The maximum atomic E-state index is 12.9. The first-order chi connectivity index (χ1) is 13.9. The number of piperidine rings is 1. The molecule has 6 nitrogen and oxygen atoms in total. The SMILES string of the molecule is CC1CCN(S(=O)(=O)c2ccc(Cl)c(C(=O)NCCSCc3ccco3)c2)CC1. The first kappa shape index (κ1) is 22.2. The molecular formula is C20H25ClN2O4S2. The predicted octanol–water partition coefficient (Wildman–Crippen LogP) is 4.02. The molecule has 0 radical (unpaired) electrons. The van der Waals surface area contributed by atoms with Crippen LogP contribution < -0.4 is 5.32 Å². The Kier molecular flexibility index (Phi) is 7.67. The number of nitrogens with one attached hydrogen (secondary N) is 1. The summed E-state index contributed by atoms with van der Waals surface area (Å²) in [6.07, 6.45) is 3.32. The Morgan fingerprint density at radius 1 is 1.31 bits per heavy atom. The van der Waals surface area contributed by atoms with Crippen molar-refractivity contribution in [1.82, 2.24) is 9.62 Å². The van der Waals surface area contributed by atoms with Crippen LogP contribution in [0.15, 0.2) is 45.9 Å². The Labute approximate surface area is 181 Å². The fourth-order valence-electron chi connectivity index (χ4n) is 3.11. The van der Waals surface area contributed by atoms with E-state index in [4.69, 9.17) is 16.0 Å². The number of hydrogen-bond donors (Lipinski definition) is 1. The maximum Gasteiger partial charge on any atom is 0.252 e. The number of rotatable bonds is 8. The van der Waals surface area contributed by atoms with Crippen LogP contribution in [0.5, 0.6) is 0 Å². The third kappa shape index (κ3) is 5.78. The van der Waals surface area contributed by atoms with Gasteiger partial charge in [0.05, 0.1) is 27.5 Å². The van der Waals surface area contributed by atoms with Gasteiger partial charge in [-0.25, -0.2) is 8.42 Å². The lowest BCUT2D eigenvalue weighted by molar-refractivity contribution is 0.0956. The number of benzene rings is 1. The quantitative estimate of drug-likeness (QED) is 0.607. The standard InChI is InChI=1S/C20H25ClN2O4S2/c1-15-6-9-23(10-7-15)29(25,26)17-4-5-19(21)18(13-17)20(24)22-8-12-28-14-16-3-2-11-27-16/h2-5,11,13,15H,6-10,12,14H2,1H3,(H,22,24). The van der Waals surface area contributed by atoms with Crippen LogP contribution in [-0.4, -0.2) is 44.0 Å². The molecule has 2 aromatic rings. The smallest absolute Gasteiger partial charge is 0.252 e. The number of carbonyl (C=O) groups excluding carboxylic acids is 1. The molecule has 0 unspecified atom stereocenters. The van der Waals surface area contributed by atoms with Gasteiger partial charge in [-0.05, 0) is 49.1 Å². The lowest BCUT2D eigenvalue weighted by atomic mass is 10.0. The molecule has 158 valence electrons. The van der Waals surface area contributed by atoms with Gasteiger partial charge in [0.2, 0.25) is 10.0 Å². The van der Waals surface area contributed by atoms with Gasteiger partial charge in [0.15, 0.2) is 0 Å². The summed E-state index contributed by atoms with van der Waals surface area (Å²) in [6, 6.07) is 8.06. The maximum absolute atomic E-state index is 12.9. The van der Waals surface area contributed by atoms with Crippen molar-refractivity contribution < 1.29 is 17.6 Å². The first-order valence-corrected chi connectivity index (χ1v) is 12.5. The van der Waals surface area contributed by atoms with Crippen LogP contribution in [-0.2, 0) is 15.8 Å². The van der Waals surface area contributed by atoms with E-state index in [9.17, 15) is 13.2 Å². The molecular weight excluding hydrogens is 432 g/mol. The molecule has 1 aromatic carbocycles. The molecule has 1 N–H and O–H groups in total. The van der Waals surface area contributed by atoms with Crippen molar-refractivity contribution in [3.63, 3.8) is 0 Å². The number of nitrogens with zero attached hydrogens (tertiary/aromatic N) is 1. The third-order valence-corrected chi connectivity index (χ3v) is 8.12. The van der Waals surface area contributed by atoms with Gasteiger partial charge in [0.25, 0.3) is 5.91 Å². The Morgan fingerprint density at radius 2 is 2.07 bits per heavy atom. The molecule has 9 heteroatoms. The van der Waals surface area contributed by atoms with E-state index >= 15 is 0 Å². The second-order valence-corrected chi connectivity index (χ2v) is 10.6. The van der Waals surface area contributed by atoms with Crippen LogP contribution in [0.25, 0.3) is 0 Å². The highest BCUT2D eigenvalue weighted by atomic mass is 35.5. The van der Waals surface area contributed by atoms with Crippen molar-refractivity contribution in [3.8, 4) is 0 Å². The number of halogens is 1. The molecule has 1 saturated heterocycles. The summed E-state index contributed by atoms with van der Waals surface area (Å²) in [5, 5.41) is 3.03. The monoisotopic (exact) mass is 456 g/mol. The van der Waals surface area contributed by atoms with E-state index in [0.717, 1.165) is 24.4 Å². The first-order valence-electron chi connectivity index (χ1n) is 9.56. The van der Waals surface area contributed by atoms with Gasteiger partial charge in [-0.15, -0.1) is 0 Å². The zero-order chi connectivity index (χ0) is 20.9. The van der Waals surface area contributed by atoms with E-state index in [1.165, 1.54) is 22.5 Å². The number of hydrogen-bond acceptors (Lipinski definition) is 5. The number of amides is 1. The average Bonchev–Trinajstić information content (AvgIpc) is 3.21. The second kappa shape index (κ2) is 10.0. The average molecular weight is 457 g/mol. The summed E-state index contributed by atoms with van der Waals surface area (Å²) >= 11 is 7.80. The van der Waals surface area contributed by atoms with Gasteiger partial charge in [-0.1, -0.05) is 18.5 Å². The topological polar surface area (TPSA) is 79.6 Å². The van der Waals surface area contributed by atoms with Crippen molar-refractivity contribution in [2.45, 2.75) is 30.4 Å². The van der Waals surface area contributed by atoms with Crippen LogP contribution in [0.1, 0.15) is 35.9 Å². The van der Waals surface area contributed by atoms with Gasteiger partial charge in [-0.2, -0.15) is 16.1 Å². The number of sulfonamides is 1. The van der Waals surface area contributed by atoms with Gasteiger partial charge < -0.3 is 9.73 Å². The lowest BCUT2D eigenvalue weighted by Crippen LogP contribution is -2.38. The van der Waals surface area contributed by atoms with Crippen LogP contribution in [0.2, 0.25) is 5.02 Å². The summed E-state index contributed by atoms with van der Waals surface area (Å²) in [7, 11) is -3.63. The van der Waals surface area contributed by atoms with E-state index < -0.39 is 10.0 Å². The normalized spacial score (nSPS) is 16.1. The summed E-state index contributed by atoms with van der Waals surface area (Å²) in [5.41, 5.74) is 0.175. The summed E-state index contributed by atoms with van der Waals surface area (Å²) in [4.78, 5) is 12.6. The Balaban J connectivity index is 1.59. The molecule has 0 aliphatic carbocycles. The highest BCUT2D eigenvalue weighted by molar-refractivity contribution is 7.98. The molecule has 29 heavy (non-hydrogen) atoms. The molecule has 0 spiro atoms. The van der Waals surface area contributed by atoms with E-state index in [-0.39, 0.29) is 21.4 Å². The lowest BCUT2D eigenvalue weighted by Gasteiger charge is -2.29. The molecule has 1 aliphatic heterocycles. The van der Waals surface area contributed by atoms with E-state index in [2.05, 4.69) is 12.2 Å². The highest BCUT2D eigenvalue weighted by Crippen LogP contribution is 2.26. The molecule has 2 heterocycles. The third-order valence-electron chi connectivity index (χ3n) is 4.92. The summed E-state index contributed by atoms with van der Waals surface area (Å²) in [5.74, 6) is 2.46. The zero-order valence-corrected chi connectivity index (χ0v) is 18.7. The predicted molar refractivity (Wildman–Crippen MR) is 116 cm³/mol. The molecule has 1 amide bonds. The zero-order valence-electron chi connectivity index (χ0n) is 16.3. The number of thioether (sulfide) groups is 1. The van der Waals surface area contributed by atoms with Gasteiger partial charge in [0.1, 0.15) is 5.76 Å². The van der Waals surface area contributed by atoms with E-state index in [1.807, 2.05) is 12.1 Å². The van der Waals surface area contributed by atoms with Crippen LogP contribution >= 0.6 is 23.4 Å². The van der Waals surface area contributed by atoms with Crippen molar-refractivity contribution in [2.24, 2.45) is 5.92 Å². The van der Waals surface area contributed by atoms with Gasteiger partial charge in [0, 0.05) is 25.4 Å². The molecule has 1 aromatic heterocycles. The molecule has 1 fully saturated rings. The fourth-order valence-corrected chi connectivity index (χ4v) is 5.57. The van der Waals surface area contributed by atoms with Crippen molar-refractivity contribution in [2.75, 3.05) is 25.4 Å². The molecule has 0 atom stereocenters. The summed E-state index contributed by atoms with van der Waals surface area (Å²) in [6.45, 7) is 3.57. The van der Waals surface area contributed by atoms with Crippen molar-refractivity contribution in [3.05, 3.63) is 52.9 Å². The van der Waals surface area contributed by atoms with Gasteiger partial charge in [-0.3, -0.25) is 4.79 Å². The highest BCUT2D eigenvalue weighted by Gasteiger charge is 2.29. The minimum absolute atomic E-state index is 0.105. The van der Waals surface area contributed by atoms with Gasteiger partial charge >= 0.3 is 0 Å². The second-order valence-electron chi connectivity index (χ2n) is 7.12. The van der Waals surface area contributed by atoms with Crippen LogP contribution in [0, 0.1) is 5.92 Å². The summed E-state index contributed by atoms with van der Waals surface area (Å²) < 4.78 is 32.6. The van der Waals surface area contributed by atoms with E-state index in [1.54, 1.807) is 18.0 Å². The number of carbonyl (C=O) groups is 1. The number of furan rings is 1. The largest absolute Gasteiger partial charge is 0.468 e. The van der Waals surface area contributed by atoms with Crippen LogP contribution in [0.3, 0.4) is 0 Å². The fraction of sp³-hybridized carbons (Fsp3) is 0.450. The minimum Gasteiger partial charge on any atom is -0.468 e. The molecule has 3 rings (SSSR count). The van der Waals surface area contributed by atoms with Crippen molar-refractivity contribution in [1.29, 1.82) is 0 Å². The molecule has 0 bridgehead atoms. The Morgan fingerprint density at radius 3 is 2.76 bits per heavy atom.